The summed E-state index contributed by atoms with van der Waals surface area (Å²) >= 11 is 0. The number of benzene rings is 3. The predicted molar refractivity (Wildman–Crippen MR) is 103 cm³/mol. The van der Waals surface area contributed by atoms with Gasteiger partial charge in [0.05, 0.1) is 12.7 Å². The summed E-state index contributed by atoms with van der Waals surface area (Å²) < 4.78 is 11.4. The number of aromatic hydroxyl groups is 1. The van der Waals surface area contributed by atoms with Gasteiger partial charge in [0, 0.05) is 5.57 Å². The Morgan fingerprint density at radius 3 is 2.52 bits per heavy atom. The average Bonchev–Trinajstić information content (AvgIpc) is 2.72. The SMILES string of the molecule is COc1cc(/C=C2\C(=O)c3ccccc3O[C@H]2c2ccccc2)ccc1O. The van der Waals surface area contributed by atoms with Gasteiger partial charge in [-0.3, -0.25) is 4.79 Å². The zero-order valence-electron chi connectivity index (χ0n) is 14.8. The zero-order chi connectivity index (χ0) is 18.8. The van der Waals surface area contributed by atoms with Crippen molar-refractivity contribution in [2.45, 2.75) is 6.10 Å². The summed E-state index contributed by atoms with van der Waals surface area (Å²) in [4.78, 5) is 13.2. The summed E-state index contributed by atoms with van der Waals surface area (Å²) in [6, 6.07) is 21.9. The molecule has 1 N–H and O–H groups in total. The molecule has 27 heavy (non-hydrogen) atoms. The molecule has 0 amide bonds. The van der Waals surface area contributed by atoms with E-state index in [0.717, 1.165) is 11.1 Å². The fourth-order valence-electron chi connectivity index (χ4n) is 3.20. The largest absolute Gasteiger partial charge is 0.504 e. The lowest BCUT2D eigenvalue weighted by molar-refractivity contribution is 0.0963. The van der Waals surface area contributed by atoms with Crippen molar-refractivity contribution >= 4 is 11.9 Å². The summed E-state index contributed by atoms with van der Waals surface area (Å²) in [5.41, 5.74) is 2.73. The van der Waals surface area contributed by atoms with Crippen LogP contribution in [0.1, 0.15) is 27.6 Å². The normalized spacial score (nSPS) is 17.3. The quantitative estimate of drug-likeness (QED) is 0.683. The molecule has 0 unspecified atom stereocenters. The van der Waals surface area contributed by atoms with E-state index in [-0.39, 0.29) is 11.5 Å². The third kappa shape index (κ3) is 3.17. The first kappa shape index (κ1) is 16.9. The van der Waals surface area contributed by atoms with Crippen LogP contribution in [0.15, 0.2) is 78.4 Å². The second-order valence-corrected chi connectivity index (χ2v) is 6.26. The van der Waals surface area contributed by atoms with E-state index in [0.29, 0.717) is 22.6 Å². The number of hydrogen-bond donors (Lipinski definition) is 1. The summed E-state index contributed by atoms with van der Waals surface area (Å²) in [7, 11) is 1.49. The highest BCUT2D eigenvalue weighted by atomic mass is 16.5. The van der Waals surface area contributed by atoms with Crippen molar-refractivity contribution in [1.82, 2.24) is 0 Å². The molecule has 0 fully saturated rings. The lowest BCUT2D eigenvalue weighted by Crippen LogP contribution is -2.23. The average molecular weight is 358 g/mol. The second kappa shape index (κ2) is 7.00. The van der Waals surface area contributed by atoms with Gasteiger partial charge >= 0.3 is 0 Å². The Balaban J connectivity index is 1.85. The van der Waals surface area contributed by atoms with E-state index >= 15 is 0 Å². The fraction of sp³-hybridized carbons (Fsp3) is 0.0870. The van der Waals surface area contributed by atoms with Gasteiger partial charge in [-0.2, -0.15) is 0 Å². The minimum absolute atomic E-state index is 0.0517. The molecule has 3 aromatic carbocycles. The molecule has 4 nitrogen and oxygen atoms in total. The molecular weight excluding hydrogens is 340 g/mol. The number of ketones is 1. The number of carbonyl (C=O) groups excluding carboxylic acids is 1. The first-order chi connectivity index (χ1) is 13.2. The van der Waals surface area contributed by atoms with Crippen molar-refractivity contribution in [1.29, 1.82) is 0 Å². The van der Waals surface area contributed by atoms with E-state index in [1.807, 2.05) is 48.5 Å². The number of Topliss-reactive ketones (excluding diaryl/α,β-unsaturated/α-hetero) is 1. The number of phenols is 1. The Bertz CT molecular complexity index is 1020. The standard InChI is InChI=1S/C23H18O4/c1-26-21-14-15(11-12-19(21)24)13-18-22(25)17-9-5-6-10-20(17)27-23(18)16-7-3-2-4-8-16/h2-14,23-24H,1H3/b18-13+/t23-/m0/s1. The van der Waals surface area contributed by atoms with Gasteiger partial charge in [0.15, 0.2) is 23.4 Å². The topological polar surface area (TPSA) is 55.8 Å². The van der Waals surface area contributed by atoms with Crippen LogP contribution in [0.4, 0.5) is 0 Å². The van der Waals surface area contributed by atoms with E-state index in [4.69, 9.17) is 9.47 Å². The van der Waals surface area contributed by atoms with Gasteiger partial charge < -0.3 is 14.6 Å². The highest BCUT2D eigenvalue weighted by molar-refractivity contribution is 6.14. The van der Waals surface area contributed by atoms with Crippen LogP contribution in [-0.4, -0.2) is 18.0 Å². The summed E-state index contributed by atoms with van der Waals surface area (Å²) in [5, 5.41) is 9.82. The molecule has 1 aliphatic heterocycles. The van der Waals surface area contributed by atoms with Crippen LogP contribution in [0.5, 0.6) is 17.2 Å². The molecule has 4 heteroatoms. The van der Waals surface area contributed by atoms with Crippen LogP contribution < -0.4 is 9.47 Å². The minimum Gasteiger partial charge on any atom is -0.504 e. The maximum absolute atomic E-state index is 13.2. The molecule has 0 aliphatic carbocycles. The van der Waals surface area contributed by atoms with Gasteiger partial charge in [-0.25, -0.2) is 0 Å². The number of ether oxygens (including phenoxy) is 2. The van der Waals surface area contributed by atoms with Crippen molar-refractivity contribution in [3.8, 4) is 17.2 Å². The fourth-order valence-corrected chi connectivity index (χ4v) is 3.20. The Morgan fingerprint density at radius 1 is 1.00 bits per heavy atom. The highest BCUT2D eigenvalue weighted by Crippen LogP contribution is 2.39. The number of carbonyl (C=O) groups is 1. The van der Waals surface area contributed by atoms with Gasteiger partial charge in [-0.05, 0) is 41.5 Å². The Labute approximate surface area is 157 Å². The van der Waals surface area contributed by atoms with E-state index in [1.165, 1.54) is 7.11 Å². The van der Waals surface area contributed by atoms with Crippen LogP contribution in [0.25, 0.3) is 6.08 Å². The van der Waals surface area contributed by atoms with Crippen LogP contribution in [0.2, 0.25) is 0 Å². The molecular formula is C23H18O4. The van der Waals surface area contributed by atoms with Crippen LogP contribution in [-0.2, 0) is 0 Å². The highest BCUT2D eigenvalue weighted by Gasteiger charge is 2.32. The van der Waals surface area contributed by atoms with Gasteiger partial charge in [0.25, 0.3) is 0 Å². The number of phenolic OH excluding ortho intramolecular Hbond substituents is 1. The molecule has 0 saturated carbocycles. The molecule has 134 valence electrons. The molecule has 0 bridgehead atoms. The van der Waals surface area contributed by atoms with Gasteiger partial charge in [-0.15, -0.1) is 0 Å². The molecule has 0 aromatic heterocycles. The van der Waals surface area contributed by atoms with E-state index in [2.05, 4.69) is 0 Å². The van der Waals surface area contributed by atoms with Crippen LogP contribution >= 0.6 is 0 Å². The van der Waals surface area contributed by atoms with Crippen LogP contribution in [0, 0.1) is 0 Å². The molecule has 4 rings (SSSR count). The first-order valence-corrected chi connectivity index (χ1v) is 8.61. The Morgan fingerprint density at radius 2 is 1.74 bits per heavy atom. The monoisotopic (exact) mass is 358 g/mol. The number of hydrogen-bond acceptors (Lipinski definition) is 4. The van der Waals surface area contributed by atoms with Crippen molar-refractivity contribution in [2.24, 2.45) is 0 Å². The number of para-hydroxylation sites is 1. The van der Waals surface area contributed by atoms with Crippen molar-refractivity contribution in [3.05, 3.63) is 95.1 Å². The number of methoxy groups -OCH3 is 1. The third-order valence-electron chi connectivity index (χ3n) is 4.55. The lowest BCUT2D eigenvalue weighted by Gasteiger charge is -2.28. The molecule has 1 heterocycles. The van der Waals surface area contributed by atoms with E-state index in [9.17, 15) is 9.90 Å². The minimum atomic E-state index is -0.506. The smallest absolute Gasteiger partial charge is 0.196 e. The lowest BCUT2D eigenvalue weighted by atomic mass is 9.89. The molecule has 0 radical (unpaired) electrons. The summed E-state index contributed by atoms with van der Waals surface area (Å²) in [5.74, 6) is 0.913. The number of fused-ring (bicyclic) bond motifs is 1. The summed E-state index contributed by atoms with van der Waals surface area (Å²) in [6.07, 6.45) is 1.28. The number of rotatable bonds is 3. The third-order valence-corrected chi connectivity index (χ3v) is 4.55. The first-order valence-electron chi connectivity index (χ1n) is 8.61. The van der Waals surface area contributed by atoms with Crippen molar-refractivity contribution in [2.75, 3.05) is 7.11 Å². The van der Waals surface area contributed by atoms with Gasteiger partial charge in [-0.1, -0.05) is 48.5 Å². The molecule has 1 atom stereocenters. The maximum Gasteiger partial charge on any atom is 0.196 e. The Kier molecular flexibility index (Phi) is 4.38. The molecule has 0 saturated heterocycles. The van der Waals surface area contributed by atoms with Gasteiger partial charge in [0.1, 0.15) is 5.75 Å². The molecule has 0 spiro atoms. The Hall–Kier alpha value is -3.53. The molecule has 3 aromatic rings. The van der Waals surface area contributed by atoms with Crippen LogP contribution in [0.3, 0.4) is 0 Å². The maximum atomic E-state index is 13.2. The van der Waals surface area contributed by atoms with Crippen molar-refractivity contribution < 1.29 is 19.4 Å². The van der Waals surface area contributed by atoms with Crippen molar-refractivity contribution in [3.63, 3.8) is 0 Å². The van der Waals surface area contributed by atoms with E-state index < -0.39 is 6.10 Å². The zero-order valence-corrected chi connectivity index (χ0v) is 14.8. The predicted octanol–water partition coefficient (Wildman–Crippen LogP) is 4.80. The van der Waals surface area contributed by atoms with Gasteiger partial charge in [0.2, 0.25) is 0 Å². The molecule has 1 aliphatic rings. The van der Waals surface area contributed by atoms with E-state index in [1.54, 1.807) is 30.3 Å². The summed E-state index contributed by atoms with van der Waals surface area (Å²) in [6.45, 7) is 0. The second-order valence-electron chi connectivity index (χ2n) is 6.26.